The number of aliphatic imine (C=N–C) groups is 1. The summed E-state index contributed by atoms with van der Waals surface area (Å²) >= 11 is 0. The number of nitrogens with one attached hydrogen (secondary N) is 1. The van der Waals surface area contributed by atoms with Gasteiger partial charge in [0.1, 0.15) is 11.3 Å². The molecule has 4 rings (SSSR count). The van der Waals surface area contributed by atoms with Crippen molar-refractivity contribution in [2.24, 2.45) is 22.2 Å². The number of anilines is 1. The largest absolute Gasteiger partial charge is 0.343 e. The minimum absolute atomic E-state index is 0.103. The topological polar surface area (TPSA) is 99.2 Å². The zero-order valence-corrected chi connectivity index (χ0v) is 14.4. The molecular weight excluding hydrogens is 336 g/mol. The van der Waals surface area contributed by atoms with Crippen molar-refractivity contribution in [3.05, 3.63) is 30.3 Å². The molecule has 1 aromatic carbocycles. The van der Waals surface area contributed by atoms with Gasteiger partial charge in [0.25, 0.3) is 0 Å². The van der Waals surface area contributed by atoms with Crippen molar-refractivity contribution >= 4 is 35.2 Å². The quantitative estimate of drug-likeness (QED) is 0.761. The number of rotatable bonds is 2. The minimum Gasteiger partial charge on any atom is -0.343 e. The van der Waals surface area contributed by atoms with E-state index in [1.165, 1.54) is 14.1 Å². The second kappa shape index (κ2) is 5.48. The smallest absolute Gasteiger partial charge is 0.244 e. The first-order valence-electron chi connectivity index (χ1n) is 8.38. The summed E-state index contributed by atoms with van der Waals surface area (Å²) in [6.45, 7) is 0.117. The predicted molar refractivity (Wildman–Crippen MR) is 92.0 cm³/mol. The molecule has 0 aromatic heterocycles. The van der Waals surface area contributed by atoms with Gasteiger partial charge in [-0.15, -0.1) is 0 Å². The van der Waals surface area contributed by atoms with Gasteiger partial charge in [-0.2, -0.15) is 0 Å². The first kappa shape index (κ1) is 16.4. The molecule has 3 unspecified atom stereocenters. The molecule has 3 heterocycles. The number of likely N-dealkylation sites (tertiary alicyclic amines) is 2. The Morgan fingerprint density at radius 3 is 2.27 bits per heavy atom. The molecule has 1 aromatic rings. The zero-order chi connectivity index (χ0) is 18.6. The maximum atomic E-state index is 13.2. The predicted octanol–water partition coefficient (Wildman–Crippen LogP) is 0.117. The molecule has 0 radical (unpaired) electrons. The number of imide groups is 2. The molecule has 0 spiro atoms. The van der Waals surface area contributed by atoms with Crippen LogP contribution in [0.4, 0.5) is 5.69 Å². The number of amides is 4. The summed E-state index contributed by atoms with van der Waals surface area (Å²) in [6, 6.07) is 9.12. The minimum atomic E-state index is -1.45. The Labute approximate surface area is 149 Å². The lowest BCUT2D eigenvalue weighted by atomic mass is 9.67. The van der Waals surface area contributed by atoms with Crippen molar-refractivity contribution < 1.29 is 19.2 Å². The van der Waals surface area contributed by atoms with Crippen LogP contribution in [-0.2, 0) is 19.2 Å². The van der Waals surface area contributed by atoms with Gasteiger partial charge in [0.15, 0.2) is 0 Å². The molecule has 8 nitrogen and oxygen atoms in total. The van der Waals surface area contributed by atoms with Crippen LogP contribution in [0.2, 0.25) is 0 Å². The molecule has 2 saturated heterocycles. The van der Waals surface area contributed by atoms with Crippen LogP contribution in [-0.4, -0.2) is 59.9 Å². The van der Waals surface area contributed by atoms with Crippen LogP contribution >= 0.6 is 0 Å². The molecule has 26 heavy (non-hydrogen) atoms. The van der Waals surface area contributed by atoms with E-state index >= 15 is 0 Å². The van der Waals surface area contributed by atoms with Crippen LogP contribution in [0.3, 0.4) is 0 Å². The first-order chi connectivity index (χ1) is 12.4. The zero-order valence-electron chi connectivity index (χ0n) is 14.4. The van der Waals surface area contributed by atoms with Gasteiger partial charge in [0.05, 0.1) is 18.4 Å². The fourth-order valence-electron chi connectivity index (χ4n) is 4.23. The van der Waals surface area contributed by atoms with Crippen molar-refractivity contribution in [3.8, 4) is 0 Å². The number of carbonyl (C=O) groups excluding carboxylic acids is 4. The van der Waals surface area contributed by atoms with Gasteiger partial charge in [0.2, 0.25) is 23.6 Å². The van der Waals surface area contributed by atoms with Crippen LogP contribution in [0.25, 0.3) is 0 Å². The monoisotopic (exact) mass is 354 g/mol. The molecule has 134 valence electrons. The van der Waals surface area contributed by atoms with Gasteiger partial charge >= 0.3 is 0 Å². The number of nitrogens with zero attached hydrogens (tertiary/aromatic N) is 3. The van der Waals surface area contributed by atoms with E-state index in [0.29, 0.717) is 5.69 Å². The Bertz CT molecular complexity index is 865. The molecular formula is C18H18N4O4. The second-order valence-corrected chi connectivity index (χ2v) is 6.85. The van der Waals surface area contributed by atoms with Crippen LogP contribution < -0.4 is 5.32 Å². The Kier molecular flexibility index (Phi) is 3.47. The number of amidine groups is 1. The van der Waals surface area contributed by atoms with E-state index < -0.39 is 29.1 Å². The highest BCUT2D eigenvalue weighted by molar-refractivity contribution is 6.27. The van der Waals surface area contributed by atoms with Crippen LogP contribution in [0.5, 0.6) is 0 Å². The lowest BCUT2D eigenvalue weighted by Gasteiger charge is -2.32. The number of benzene rings is 1. The average Bonchev–Trinajstić information content (AvgIpc) is 3.20. The first-order valence-corrected chi connectivity index (χ1v) is 8.38. The fourth-order valence-corrected chi connectivity index (χ4v) is 4.23. The van der Waals surface area contributed by atoms with Crippen LogP contribution in [0.1, 0.15) is 6.42 Å². The summed E-state index contributed by atoms with van der Waals surface area (Å²) in [5.74, 6) is -3.04. The Morgan fingerprint density at radius 1 is 1.00 bits per heavy atom. The SMILES string of the molecule is CN1C(=O)CC(C23C(=O)N(C)C(=O)C2CN=C3Nc2ccccc2)C1=O. The normalized spacial score (nSPS) is 30.9. The molecule has 4 amide bonds. The highest BCUT2D eigenvalue weighted by Gasteiger charge is 2.70. The summed E-state index contributed by atoms with van der Waals surface area (Å²) < 4.78 is 0. The maximum Gasteiger partial charge on any atom is 0.244 e. The van der Waals surface area contributed by atoms with Crippen LogP contribution in [0.15, 0.2) is 35.3 Å². The average molecular weight is 354 g/mol. The van der Waals surface area contributed by atoms with E-state index in [0.717, 1.165) is 9.80 Å². The molecule has 8 heteroatoms. The fraction of sp³-hybridized carbons (Fsp3) is 0.389. The summed E-state index contributed by atoms with van der Waals surface area (Å²) in [5.41, 5.74) is -0.745. The Morgan fingerprint density at radius 2 is 1.65 bits per heavy atom. The number of hydrogen-bond acceptors (Lipinski definition) is 6. The molecule has 1 N–H and O–H groups in total. The number of hydrogen-bond donors (Lipinski definition) is 1. The summed E-state index contributed by atoms with van der Waals surface area (Å²) in [7, 11) is 2.81. The van der Waals surface area contributed by atoms with Gasteiger partial charge < -0.3 is 5.32 Å². The lowest BCUT2D eigenvalue weighted by molar-refractivity contribution is -0.144. The van der Waals surface area contributed by atoms with Crippen molar-refractivity contribution in [3.63, 3.8) is 0 Å². The van der Waals surface area contributed by atoms with E-state index in [4.69, 9.17) is 0 Å². The molecule has 0 bridgehead atoms. The molecule has 3 aliphatic heterocycles. The summed E-state index contributed by atoms with van der Waals surface area (Å²) in [5, 5.41) is 3.12. The number of para-hydroxylation sites is 1. The number of carbonyl (C=O) groups is 4. The molecule has 3 atom stereocenters. The van der Waals surface area contributed by atoms with E-state index in [1.807, 2.05) is 30.3 Å². The second-order valence-electron chi connectivity index (χ2n) is 6.85. The Balaban J connectivity index is 1.83. The van der Waals surface area contributed by atoms with Crippen LogP contribution in [0, 0.1) is 17.3 Å². The summed E-state index contributed by atoms with van der Waals surface area (Å²) in [4.78, 5) is 57.1. The van der Waals surface area contributed by atoms with Crippen molar-refractivity contribution in [1.29, 1.82) is 0 Å². The molecule has 2 fully saturated rings. The standard InChI is InChI=1S/C18H18N4O4/c1-21-13(23)8-11(14(21)24)18-12(15(25)22(2)17(18)26)9-19-16(18)20-10-6-4-3-5-7-10/h3-7,11-12H,8-9H2,1-2H3,(H,19,20). The Hall–Kier alpha value is -3.03. The summed E-state index contributed by atoms with van der Waals surface area (Å²) in [6.07, 6.45) is -0.103. The van der Waals surface area contributed by atoms with E-state index in [9.17, 15) is 19.2 Å². The molecule has 0 aliphatic carbocycles. The van der Waals surface area contributed by atoms with E-state index in [1.54, 1.807) is 0 Å². The van der Waals surface area contributed by atoms with Crippen molar-refractivity contribution in [1.82, 2.24) is 9.80 Å². The highest BCUT2D eigenvalue weighted by atomic mass is 16.2. The van der Waals surface area contributed by atoms with Crippen molar-refractivity contribution in [2.75, 3.05) is 26.0 Å². The highest BCUT2D eigenvalue weighted by Crippen LogP contribution is 2.52. The number of fused-ring (bicyclic) bond motifs is 1. The third-order valence-electron chi connectivity index (χ3n) is 5.63. The molecule has 0 saturated carbocycles. The van der Waals surface area contributed by atoms with Gasteiger partial charge in [-0.05, 0) is 12.1 Å². The van der Waals surface area contributed by atoms with E-state index in [-0.39, 0.29) is 30.6 Å². The van der Waals surface area contributed by atoms with Gasteiger partial charge in [-0.25, -0.2) is 0 Å². The van der Waals surface area contributed by atoms with Gasteiger partial charge in [0, 0.05) is 26.2 Å². The molecule has 3 aliphatic rings. The third kappa shape index (κ3) is 1.92. The third-order valence-corrected chi connectivity index (χ3v) is 5.63. The lowest BCUT2D eigenvalue weighted by Crippen LogP contribution is -2.51. The van der Waals surface area contributed by atoms with Gasteiger partial charge in [-0.3, -0.25) is 34.0 Å². The maximum absolute atomic E-state index is 13.2. The van der Waals surface area contributed by atoms with E-state index in [2.05, 4.69) is 10.3 Å². The van der Waals surface area contributed by atoms with Crippen molar-refractivity contribution in [2.45, 2.75) is 6.42 Å². The van der Waals surface area contributed by atoms with Gasteiger partial charge in [-0.1, -0.05) is 18.2 Å².